The van der Waals surface area contributed by atoms with Crippen LogP contribution in [0.25, 0.3) is 5.82 Å². The molecule has 2 N–H and O–H groups in total. The number of rotatable bonds is 5. The fourth-order valence-corrected chi connectivity index (χ4v) is 2.36. The molecule has 1 unspecified atom stereocenters. The molecule has 132 valence electrons. The molecule has 0 bridgehead atoms. The maximum atomic E-state index is 12.1. The van der Waals surface area contributed by atoms with Gasteiger partial charge in [0.25, 0.3) is 5.91 Å². The van der Waals surface area contributed by atoms with Crippen molar-refractivity contribution in [3.63, 3.8) is 0 Å². The van der Waals surface area contributed by atoms with E-state index in [1.807, 2.05) is 0 Å². The highest BCUT2D eigenvalue weighted by molar-refractivity contribution is 5.92. The molecule has 10 heteroatoms. The highest BCUT2D eigenvalue weighted by Gasteiger charge is 2.31. The third-order valence-corrected chi connectivity index (χ3v) is 3.81. The number of carbonyl (C=O) groups is 2. The van der Waals surface area contributed by atoms with Crippen LogP contribution in [-0.2, 0) is 0 Å². The van der Waals surface area contributed by atoms with Crippen LogP contribution in [0.5, 0.6) is 0 Å². The SMILES string of the molecule is CC(NC(=O)O)c1nc(C2CC2)nn1-c1cc(C(=O)N(C)C)ncn1. The number of aromatic nitrogens is 5. The zero-order valence-corrected chi connectivity index (χ0v) is 14.2. The number of amides is 2. The lowest BCUT2D eigenvalue weighted by molar-refractivity contribution is 0.0821. The van der Waals surface area contributed by atoms with Crippen molar-refractivity contribution in [2.24, 2.45) is 0 Å². The normalized spacial score (nSPS) is 14.8. The molecule has 2 amide bonds. The van der Waals surface area contributed by atoms with Gasteiger partial charge in [0.2, 0.25) is 0 Å². The molecule has 1 atom stereocenters. The fourth-order valence-electron chi connectivity index (χ4n) is 2.36. The third-order valence-electron chi connectivity index (χ3n) is 3.81. The van der Waals surface area contributed by atoms with E-state index in [0.29, 0.717) is 23.4 Å². The van der Waals surface area contributed by atoms with Gasteiger partial charge in [0.05, 0.1) is 6.04 Å². The number of hydrogen-bond acceptors (Lipinski definition) is 6. The average molecular weight is 345 g/mol. The molecule has 3 rings (SSSR count). The lowest BCUT2D eigenvalue weighted by atomic mass is 10.3. The van der Waals surface area contributed by atoms with Gasteiger partial charge in [0.1, 0.15) is 12.0 Å². The Morgan fingerprint density at radius 3 is 2.68 bits per heavy atom. The van der Waals surface area contributed by atoms with Crippen molar-refractivity contribution in [3.8, 4) is 5.82 Å². The van der Waals surface area contributed by atoms with E-state index in [1.54, 1.807) is 21.0 Å². The summed E-state index contributed by atoms with van der Waals surface area (Å²) in [5.41, 5.74) is 0.225. The first-order valence-electron chi connectivity index (χ1n) is 7.87. The molecule has 2 aromatic rings. The van der Waals surface area contributed by atoms with E-state index < -0.39 is 12.1 Å². The molecule has 2 aromatic heterocycles. The van der Waals surface area contributed by atoms with Crippen LogP contribution in [-0.4, -0.2) is 60.8 Å². The van der Waals surface area contributed by atoms with Crippen molar-refractivity contribution in [2.45, 2.75) is 31.7 Å². The van der Waals surface area contributed by atoms with Crippen molar-refractivity contribution in [1.29, 1.82) is 0 Å². The molecule has 0 aliphatic heterocycles. The van der Waals surface area contributed by atoms with E-state index in [4.69, 9.17) is 5.11 Å². The minimum atomic E-state index is -1.15. The third kappa shape index (κ3) is 3.57. The summed E-state index contributed by atoms with van der Waals surface area (Å²) in [7, 11) is 3.27. The second-order valence-corrected chi connectivity index (χ2v) is 6.15. The number of carbonyl (C=O) groups excluding carboxylic acids is 1. The van der Waals surface area contributed by atoms with Crippen LogP contribution in [0.4, 0.5) is 4.79 Å². The van der Waals surface area contributed by atoms with Crippen molar-refractivity contribution < 1.29 is 14.7 Å². The Morgan fingerprint density at radius 2 is 2.08 bits per heavy atom. The predicted octanol–water partition coefficient (Wildman–Crippen LogP) is 0.965. The molecule has 2 heterocycles. The zero-order chi connectivity index (χ0) is 18.1. The second kappa shape index (κ2) is 6.46. The van der Waals surface area contributed by atoms with Gasteiger partial charge < -0.3 is 15.3 Å². The van der Waals surface area contributed by atoms with Gasteiger partial charge in [-0.3, -0.25) is 4.79 Å². The molecule has 1 fully saturated rings. The van der Waals surface area contributed by atoms with E-state index in [0.717, 1.165) is 12.8 Å². The van der Waals surface area contributed by atoms with E-state index >= 15 is 0 Å². The van der Waals surface area contributed by atoms with E-state index in [9.17, 15) is 9.59 Å². The standard InChI is InChI=1S/C15H19N7O3/c1-8(18-15(24)25)13-19-12(9-4-5-9)20-22(13)11-6-10(16-7-17-11)14(23)21(2)3/h6-9,18H,4-5H2,1-3H3,(H,24,25). The average Bonchev–Trinajstić information content (AvgIpc) is 3.32. The largest absolute Gasteiger partial charge is 0.465 e. The monoisotopic (exact) mass is 345 g/mol. The van der Waals surface area contributed by atoms with Gasteiger partial charge in [-0.1, -0.05) is 0 Å². The summed E-state index contributed by atoms with van der Waals surface area (Å²) in [4.78, 5) is 37.1. The Bertz CT molecular complexity index is 813. The second-order valence-electron chi connectivity index (χ2n) is 6.15. The van der Waals surface area contributed by atoms with Gasteiger partial charge in [-0.25, -0.2) is 19.7 Å². The van der Waals surface area contributed by atoms with Crippen LogP contribution in [0, 0.1) is 0 Å². The van der Waals surface area contributed by atoms with Crippen molar-refractivity contribution in [2.75, 3.05) is 14.1 Å². The highest BCUT2D eigenvalue weighted by atomic mass is 16.4. The van der Waals surface area contributed by atoms with Gasteiger partial charge in [-0.2, -0.15) is 4.68 Å². The van der Waals surface area contributed by atoms with Gasteiger partial charge in [0.15, 0.2) is 17.5 Å². The first kappa shape index (κ1) is 16.8. The number of nitrogens with one attached hydrogen (secondary N) is 1. The quantitative estimate of drug-likeness (QED) is 0.826. The Labute approximate surface area is 143 Å². The molecule has 10 nitrogen and oxygen atoms in total. The fraction of sp³-hybridized carbons (Fsp3) is 0.467. The van der Waals surface area contributed by atoms with E-state index in [2.05, 4.69) is 25.4 Å². The van der Waals surface area contributed by atoms with Crippen molar-refractivity contribution >= 4 is 12.0 Å². The molecule has 1 aliphatic carbocycles. The summed E-state index contributed by atoms with van der Waals surface area (Å²) < 4.78 is 1.47. The topological polar surface area (TPSA) is 126 Å². The van der Waals surface area contributed by atoms with Crippen LogP contribution in [0.15, 0.2) is 12.4 Å². The van der Waals surface area contributed by atoms with Gasteiger partial charge in [0, 0.05) is 26.1 Å². The molecular formula is C15H19N7O3. The Kier molecular flexibility index (Phi) is 4.34. The minimum absolute atomic E-state index is 0.225. The minimum Gasteiger partial charge on any atom is -0.465 e. The van der Waals surface area contributed by atoms with Crippen LogP contribution < -0.4 is 5.32 Å². The molecular weight excluding hydrogens is 326 g/mol. The van der Waals surface area contributed by atoms with Crippen LogP contribution in [0.1, 0.15) is 53.9 Å². The summed E-state index contributed by atoms with van der Waals surface area (Å²) >= 11 is 0. The summed E-state index contributed by atoms with van der Waals surface area (Å²) in [5, 5.41) is 15.8. The van der Waals surface area contributed by atoms with Crippen molar-refractivity contribution in [1.82, 2.24) is 34.9 Å². The first-order valence-corrected chi connectivity index (χ1v) is 7.87. The summed E-state index contributed by atoms with van der Waals surface area (Å²) in [6.07, 6.45) is 2.15. The van der Waals surface area contributed by atoms with Gasteiger partial charge in [-0.15, -0.1) is 5.10 Å². The molecule has 1 aliphatic rings. The molecule has 0 saturated heterocycles. The number of nitrogens with zero attached hydrogens (tertiary/aromatic N) is 6. The highest BCUT2D eigenvalue weighted by Crippen LogP contribution is 2.38. The van der Waals surface area contributed by atoms with Gasteiger partial charge >= 0.3 is 6.09 Å². The number of carboxylic acid groups (broad SMARTS) is 1. The first-order chi connectivity index (χ1) is 11.9. The molecule has 0 radical (unpaired) electrons. The van der Waals surface area contributed by atoms with Crippen LogP contribution >= 0.6 is 0 Å². The molecule has 0 aromatic carbocycles. The summed E-state index contributed by atoms with van der Waals surface area (Å²) in [6, 6.07) is 0.936. The Balaban J connectivity index is 2.02. The predicted molar refractivity (Wildman–Crippen MR) is 86.5 cm³/mol. The Morgan fingerprint density at radius 1 is 1.36 bits per heavy atom. The van der Waals surface area contributed by atoms with Gasteiger partial charge in [-0.05, 0) is 19.8 Å². The van der Waals surface area contributed by atoms with E-state index in [1.165, 1.54) is 22.0 Å². The molecule has 25 heavy (non-hydrogen) atoms. The maximum Gasteiger partial charge on any atom is 0.405 e. The maximum absolute atomic E-state index is 12.1. The van der Waals surface area contributed by atoms with Crippen molar-refractivity contribution in [3.05, 3.63) is 29.7 Å². The molecule has 0 spiro atoms. The molecule has 1 saturated carbocycles. The Hall–Kier alpha value is -3.04. The van der Waals surface area contributed by atoms with Crippen LogP contribution in [0.2, 0.25) is 0 Å². The lowest BCUT2D eigenvalue weighted by Crippen LogP contribution is -2.27. The smallest absolute Gasteiger partial charge is 0.405 e. The number of hydrogen-bond donors (Lipinski definition) is 2. The summed E-state index contributed by atoms with van der Waals surface area (Å²) in [5.74, 6) is 1.49. The summed E-state index contributed by atoms with van der Waals surface area (Å²) in [6.45, 7) is 1.68. The van der Waals surface area contributed by atoms with E-state index in [-0.39, 0.29) is 11.6 Å². The lowest BCUT2D eigenvalue weighted by Gasteiger charge is -2.13. The van der Waals surface area contributed by atoms with Crippen LogP contribution in [0.3, 0.4) is 0 Å². The zero-order valence-electron chi connectivity index (χ0n) is 14.2.